The van der Waals surface area contributed by atoms with Crippen LogP contribution in [0.1, 0.15) is 13.8 Å². The van der Waals surface area contributed by atoms with E-state index < -0.39 is 14.7 Å². The zero-order chi connectivity index (χ0) is 20.4. The molecule has 0 bridgehead atoms. The molecule has 2 heterocycles. The molecule has 2 nitrogen and oxygen atoms in total. The number of para-hydroxylation sites is 1. The van der Waals surface area contributed by atoms with Crippen LogP contribution in [0, 0.1) is 0 Å². The lowest BCUT2D eigenvalue weighted by atomic mass is 10.0. The van der Waals surface area contributed by atoms with E-state index in [2.05, 4.69) is 56.5 Å². The molecule has 0 fully saturated rings. The Balaban J connectivity index is 1.72. The predicted molar refractivity (Wildman–Crippen MR) is 130 cm³/mol. The van der Waals surface area contributed by atoms with Gasteiger partial charge in [0.25, 0.3) is 0 Å². The number of rotatable bonds is 4. The minimum absolute atomic E-state index is 0.887. The van der Waals surface area contributed by atoms with Gasteiger partial charge in [-0.05, 0) is 59.8 Å². The van der Waals surface area contributed by atoms with Crippen molar-refractivity contribution in [2.45, 2.75) is 13.8 Å². The fraction of sp³-hybridized carbons (Fsp3) is 0.0833. The highest BCUT2D eigenvalue weighted by Crippen LogP contribution is 2.76. The summed E-state index contributed by atoms with van der Waals surface area (Å²) in [6, 6.07) is 16.8. The second-order valence-electron chi connectivity index (χ2n) is 6.55. The van der Waals surface area contributed by atoms with Crippen molar-refractivity contribution in [3.05, 3.63) is 108 Å². The van der Waals surface area contributed by atoms with Gasteiger partial charge >= 0.3 is 0 Å². The first-order chi connectivity index (χ1) is 14.1. The maximum absolute atomic E-state index is 6.49. The summed E-state index contributed by atoms with van der Waals surface area (Å²) >= 11 is 1.77. The third kappa shape index (κ3) is 3.88. The highest BCUT2D eigenvalue weighted by atomic mass is 33.1. The van der Waals surface area contributed by atoms with Gasteiger partial charge in [-0.2, -0.15) is 0 Å². The molecule has 2 atom stereocenters. The summed E-state index contributed by atoms with van der Waals surface area (Å²) in [7, 11) is -1.93. The fourth-order valence-corrected chi connectivity index (χ4v) is 11.7. The van der Waals surface area contributed by atoms with Crippen LogP contribution in [0.2, 0.25) is 0 Å². The van der Waals surface area contributed by atoms with Gasteiger partial charge in [0.05, 0.1) is 0 Å². The molecule has 5 heteroatoms. The van der Waals surface area contributed by atoms with E-state index in [0.717, 1.165) is 33.5 Å². The average Bonchev–Trinajstić information content (AvgIpc) is 2.75. The summed E-state index contributed by atoms with van der Waals surface area (Å²) < 4.78 is 13.0. The maximum Gasteiger partial charge on any atom is 0.188 e. The molecule has 0 amide bonds. The summed E-state index contributed by atoms with van der Waals surface area (Å²) in [6.45, 7) is 12.3. The van der Waals surface area contributed by atoms with Crippen LogP contribution in [0.5, 0.6) is 5.75 Å². The molecular formula is C24H22O2P2S. The monoisotopic (exact) mass is 436 g/mol. The van der Waals surface area contributed by atoms with E-state index in [1.807, 2.05) is 43.4 Å². The molecule has 146 valence electrons. The fourth-order valence-electron chi connectivity index (χ4n) is 3.19. The van der Waals surface area contributed by atoms with Crippen molar-refractivity contribution in [1.82, 2.24) is 0 Å². The Bertz CT molecular complexity index is 1070. The van der Waals surface area contributed by atoms with E-state index in [0.29, 0.717) is 0 Å². The van der Waals surface area contributed by atoms with E-state index in [4.69, 9.17) is 9.05 Å². The van der Waals surface area contributed by atoms with E-state index in [1.165, 1.54) is 10.9 Å². The molecule has 4 rings (SSSR count). The number of allylic oxidation sites excluding steroid dienone is 7. The Kier molecular flexibility index (Phi) is 6.11. The topological polar surface area (TPSA) is 18.5 Å². The Labute approximate surface area is 178 Å². The van der Waals surface area contributed by atoms with Gasteiger partial charge in [0.2, 0.25) is 0 Å². The lowest BCUT2D eigenvalue weighted by Crippen LogP contribution is -2.12. The number of hydrogen-bond acceptors (Lipinski definition) is 3. The molecule has 2 aliphatic rings. The van der Waals surface area contributed by atoms with E-state index >= 15 is 0 Å². The Morgan fingerprint density at radius 3 is 2.45 bits per heavy atom. The predicted octanol–water partition coefficient (Wildman–Crippen LogP) is 8.23. The molecule has 2 aromatic carbocycles. The van der Waals surface area contributed by atoms with Gasteiger partial charge in [0.15, 0.2) is 14.7 Å². The van der Waals surface area contributed by atoms with Crippen molar-refractivity contribution in [2.75, 3.05) is 0 Å². The summed E-state index contributed by atoms with van der Waals surface area (Å²) in [5.74, 6) is 1.82. The minimum atomic E-state index is -0.993. The van der Waals surface area contributed by atoms with Gasteiger partial charge < -0.3 is 9.05 Å². The number of benzene rings is 2. The first kappa shape index (κ1) is 20.2. The van der Waals surface area contributed by atoms with Gasteiger partial charge in [-0.15, -0.1) is 0 Å². The first-order valence-corrected chi connectivity index (χ1v) is 13.9. The molecule has 2 unspecified atom stereocenters. The molecule has 0 aromatic heterocycles. The summed E-state index contributed by atoms with van der Waals surface area (Å²) in [6.07, 6.45) is 7.85. The molecular weight excluding hydrogens is 414 g/mol. The smallest absolute Gasteiger partial charge is 0.188 e. The number of hydrogen-bond donors (Lipinski definition) is 0. The van der Waals surface area contributed by atoms with Crippen LogP contribution < -0.4 is 9.83 Å². The Hall–Kier alpha value is -2.05. The van der Waals surface area contributed by atoms with E-state index in [9.17, 15) is 0 Å². The standard InChI is InChI=1S/C24H22O2P2S/c1-5-11-21-17(3)18(4)23(12-6-2)27(25-21)29-28-24-16-10-8-14-20(24)19-13-7-9-15-22(19)26-28/h5-16H,2,4H2,1,3H3/b11-5-,23-12+. The first-order valence-electron chi connectivity index (χ1n) is 9.32. The molecule has 2 aromatic rings. The number of fused-ring (bicyclic) bond motifs is 3. The van der Waals surface area contributed by atoms with Crippen LogP contribution in [-0.4, -0.2) is 0 Å². The Morgan fingerprint density at radius 2 is 1.69 bits per heavy atom. The van der Waals surface area contributed by atoms with Crippen LogP contribution in [0.25, 0.3) is 11.1 Å². The molecule has 2 aliphatic heterocycles. The maximum atomic E-state index is 6.49. The van der Waals surface area contributed by atoms with Gasteiger partial charge in [-0.3, -0.25) is 0 Å². The zero-order valence-corrected chi connectivity index (χ0v) is 19.1. The van der Waals surface area contributed by atoms with Crippen molar-refractivity contribution in [3.8, 4) is 16.9 Å². The van der Waals surface area contributed by atoms with Crippen molar-refractivity contribution < 1.29 is 9.05 Å². The lowest BCUT2D eigenvalue weighted by molar-refractivity contribution is 0.496. The van der Waals surface area contributed by atoms with Gasteiger partial charge in [-0.1, -0.05) is 67.8 Å². The Morgan fingerprint density at radius 1 is 0.966 bits per heavy atom. The van der Waals surface area contributed by atoms with Crippen molar-refractivity contribution in [1.29, 1.82) is 0 Å². The normalized spacial score (nSPS) is 22.1. The van der Waals surface area contributed by atoms with Crippen LogP contribution in [0.15, 0.2) is 108 Å². The zero-order valence-electron chi connectivity index (χ0n) is 16.5. The van der Waals surface area contributed by atoms with Crippen molar-refractivity contribution in [2.24, 2.45) is 0 Å². The minimum Gasteiger partial charge on any atom is -0.457 e. The third-order valence-corrected chi connectivity index (χ3v) is 12.5. The molecule has 0 spiro atoms. The lowest BCUT2D eigenvalue weighted by Gasteiger charge is -2.33. The highest BCUT2D eigenvalue weighted by Gasteiger charge is 2.35. The average molecular weight is 436 g/mol. The summed E-state index contributed by atoms with van der Waals surface area (Å²) in [5.41, 5.74) is 4.48. The van der Waals surface area contributed by atoms with E-state index in [1.54, 1.807) is 11.0 Å². The SMILES string of the molecule is C=C/C=C1\C(=C)C(C)=C(/C=C\C)OP1SP1Oc2ccccc2-c2ccccc21. The van der Waals surface area contributed by atoms with Gasteiger partial charge in [0, 0.05) is 16.2 Å². The summed E-state index contributed by atoms with van der Waals surface area (Å²) in [4.78, 5) is 0. The highest BCUT2D eigenvalue weighted by molar-refractivity contribution is 8.85. The van der Waals surface area contributed by atoms with Crippen molar-refractivity contribution in [3.63, 3.8) is 0 Å². The van der Waals surface area contributed by atoms with Crippen LogP contribution in [0.4, 0.5) is 0 Å². The van der Waals surface area contributed by atoms with Gasteiger partial charge in [0.1, 0.15) is 11.5 Å². The second-order valence-corrected chi connectivity index (χ2v) is 13.0. The van der Waals surface area contributed by atoms with Crippen molar-refractivity contribution >= 4 is 31.0 Å². The quantitative estimate of drug-likeness (QED) is 0.450. The molecule has 0 saturated carbocycles. The molecule has 29 heavy (non-hydrogen) atoms. The van der Waals surface area contributed by atoms with Crippen LogP contribution in [-0.2, 0) is 4.52 Å². The van der Waals surface area contributed by atoms with Crippen LogP contribution >= 0.6 is 25.7 Å². The second kappa shape index (κ2) is 8.76. The molecule has 0 aliphatic carbocycles. The molecule has 0 saturated heterocycles. The van der Waals surface area contributed by atoms with Crippen LogP contribution in [0.3, 0.4) is 0 Å². The summed E-state index contributed by atoms with van der Waals surface area (Å²) in [5, 5.41) is 2.34. The largest absolute Gasteiger partial charge is 0.457 e. The van der Waals surface area contributed by atoms with Gasteiger partial charge in [-0.25, -0.2) is 0 Å². The van der Waals surface area contributed by atoms with E-state index in [-0.39, 0.29) is 0 Å². The molecule has 0 radical (unpaired) electrons. The third-order valence-electron chi connectivity index (χ3n) is 4.71. The molecule has 0 N–H and O–H groups in total.